The molecule has 1 aromatic heterocycles. The van der Waals surface area contributed by atoms with Crippen LogP contribution in [0.25, 0.3) is 0 Å². The van der Waals surface area contributed by atoms with Crippen molar-refractivity contribution in [3.8, 4) is 5.75 Å². The van der Waals surface area contributed by atoms with Crippen molar-refractivity contribution in [2.75, 3.05) is 5.32 Å². The molecule has 3 aliphatic rings. The van der Waals surface area contributed by atoms with Crippen LogP contribution in [0.1, 0.15) is 67.4 Å². The first-order valence-electron chi connectivity index (χ1n) is 13.2. The average Bonchev–Trinajstić information content (AvgIpc) is 3.40. The van der Waals surface area contributed by atoms with Crippen LogP contribution in [0.4, 0.5) is 24.0 Å². The van der Waals surface area contributed by atoms with Crippen molar-refractivity contribution in [3.05, 3.63) is 44.4 Å². The summed E-state index contributed by atoms with van der Waals surface area (Å²) in [6, 6.07) is 2.16. The summed E-state index contributed by atoms with van der Waals surface area (Å²) in [6.45, 7) is 3.83. The lowest BCUT2D eigenvalue weighted by Crippen LogP contribution is -2.44. The van der Waals surface area contributed by atoms with E-state index < -0.39 is 37.4 Å². The van der Waals surface area contributed by atoms with E-state index in [0.29, 0.717) is 54.8 Å². The van der Waals surface area contributed by atoms with Crippen molar-refractivity contribution in [1.29, 1.82) is 0 Å². The zero-order valence-electron chi connectivity index (χ0n) is 22.2. The van der Waals surface area contributed by atoms with E-state index in [0.717, 1.165) is 17.0 Å². The minimum Gasteiger partial charge on any atom is -0.369 e. The van der Waals surface area contributed by atoms with Crippen molar-refractivity contribution in [1.82, 2.24) is 4.98 Å². The first-order valence-corrected chi connectivity index (χ1v) is 15.4. The van der Waals surface area contributed by atoms with Crippen LogP contribution in [0.3, 0.4) is 0 Å². The first kappa shape index (κ1) is 29.4. The molecule has 1 heterocycles. The van der Waals surface area contributed by atoms with Crippen LogP contribution in [0.15, 0.2) is 18.3 Å². The molecule has 0 saturated heterocycles. The fourth-order valence-corrected chi connectivity index (χ4v) is 8.34. The normalized spacial score (nSPS) is 27.5. The molecule has 5 rings (SSSR count). The second kappa shape index (κ2) is 10.3. The van der Waals surface area contributed by atoms with Crippen LogP contribution in [0.2, 0.25) is 0 Å². The van der Waals surface area contributed by atoms with E-state index >= 15 is 0 Å². The maximum absolute atomic E-state index is 13.2. The minimum atomic E-state index is -6.10. The molecule has 2 saturated carbocycles. The van der Waals surface area contributed by atoms with Crippen molar-refractivity contribution >= 4 is 44.0 Å². The number of nitrogens with zero attached hydrogens (tertiary/aromatic N) is 2. The summed E-state index contributed by atoms with van der Waals surface area (Å²) < 4.78 is 66.2. The molecule has 15 heteroatoms. The summed E-state index contributed by atoms with van der Waals surface area (Å²) in [5.41, 5.74) is -6.13. The number of hydrogen-bond donors (Lipinski definition) is 1. The summed E-state index contributed by atoms with van der Waals surface area (Å²) >= 11 is 1.37. The highest BCUT2D eigenvalue weighted by Gasteiger charge is 2.58. The number of nitro benzene ring substituents is 1. The Morgan fingerprint density at radius 2 is 2.05 bits per heavy atom. The third kappa shape index (κ3) is 5.33. The molecular formula is C26H28F3N3O7S2. The zero-order valence-corrected chi connectivity index (χ0v) is 23.8. The number of alkyl halides is 3. The predicted octanol–water partition coefficient (Wildman–Crippen LogP) is 5.66. The smallest absolute Gasteiger partial charge is 0.369 e. The number of amides is 1. The maximum Gasteiger partial charge on any atom is 0.534 e. The SMILES string of the molecule is Cc1cnc(NC(=O)CC[C@@H]2CC(=O)C3(C)CCC4c5cc([N+](=O)[O-])c(OS(=O)(=O)C(F)(F)F)cc5CCC4C23)s1. The van der Waals surface area contributed by atoms with E-state index in [-0.39, 0.29) is 41.8 Å². The Morgan fingerprint density at radius 3 is 2.68 bits per heavy atom. The third-order valence-corrected chi connectivity index (χ3v) is 10.7. The number of Topliss-reactive ketones (excluding diaryl/α,β-unsaturated/α-hetero) is 1. The number of hydrogen-bond acceptors (Lipinski definition) is 9. The molecule has 0 radical (unpaired) electrons. The van der Waals surface area contributed by atoms with E-state index in [4.69, 9.17) is 0 Å². The number of fused-ring (bicyclic) bond motifs is 5. The number of nitrogens with one attached hydrogen (secondary N) is 1. The number of carbonyl (C=O) groups is 2. The number of nitro groups is 1. The van der Waals surface area contributed by atoms with Crippen molar-refractivity contribution in [2.24, 2.45) is 23.2 Å². The Morgan fingerprint density at radius 1 is 1.32 bits per heavy atom. The zero-order chi connectivity index (χ0) is 29.9. The van der Waals surface area contributed by atoms with Crippen LogP contribution >= 0.6 is 11.3 Å². The van der Waals surface area contributed by atoms with E-state index in [1.54, 1.807) is 6.20 Å². The van der Waals surface area contributed by atoms with Gasteiger partial charge in [0.2, 0.25) is 11.7 Å². The number of anilines is 1. The molecule has 4 unspecified atom stereocenters. The van der Waals surface area contributed by atoms with Crippen LogP contribution in [0, 0.1) is 40.2 Å². The molecule has 3 aliphatic carbocycles. The second-order valence-corrected chi connectivity index (χ2v) is 14.1. The molecule has 222 valence electrons. The Labute approximate surface area is 238 Å². The number of carbonyl (C=O) groups excluding carboxylic acids is 2. The third-order valence-electron chi connectivity index (χ3n) is 8.94. The summed E-state index contributed by atoms with van der Waals surface area (Å²) in [4.78, 5) is 41.8. The molecule has 10 nitrogen and oxygen atoms in total. The summed E-state index contributed by atoms with van der Waals surface area (Å²) in [5, 5.41) is 15.1. The van der Waals surface area contributed by atoms with Crippen molar-refractivity contribution < 1.29 is 40.3 Å². The molecule has 1 N–H and O–H groups in total. The topological polar surface area (TPSA) is 146 Å². The van der Waals surface area contributed by atoms with E-state index in [1.165, 1.54) is 11.3 Å². The highest BCUT2D eigenvalue weighted by atomic mass is 32.2. The van der Waals surface area contributed by atoms with Crippen LogP contribution in [0.5, 0.6) is 5.75 Å². The quantitative estimate of drug-likeness (QED) is 0.182. The summed E-state index contributed by atoms with van der Waals surface area (Å²) in [6.07, 6.45) is 4.67. The lowest BCUT2D eigenvalue weighted by Gasteiger charge is -2.49. The summed E-state index contributed by atoms with van der Waals surface area (Å²) in [7, 11) is -6.10. The van der Waals surface area contributed by atoms with Gasteiger partial charge in [0.05, 0.1) is 4.92 Å². The van der Waals surface area contributed by atoms with Gasteiger partial charge in [-0.1, -0.05) is 6.92 Å². The molecular weight excluding hydrogens is 587 g/mol. The van der Waals surface area contributed by atoms with Gasteiger partial charge >= 0.3 is 21.3 Å². The molecule has 2 fully saturated rings. The number of benzene rings is 1. The monoisotopic (exact) mass is 615 g/mol. The van der Waals surface area contributed by atoms with Crippen molar-refractivity contribution in [3.63, 3.8) is 0 Å². The molecule has 0 aliphatic heterocycles. The molecule has 1 aromatic carbocycles. The number of ketones is 1. The second-order valence-electron chi connectivity index (χ2n) is 11.3. The first-order chi connectivity index (χ1) is 19.1. The Hall–Kier alpha value is -3.07. The predicted molar refractivity (Wildman–Crippen MR) is 142 cm³/mol. The highest BCUT2D eigenvalue weighted by molar-refractivity contribution is 7.88. The number of aromatic nitrogens is 1. The molecule has 1 amide bonds. The molecule has 0 bridgehead atoms. The fraction of sp³-hybridized carbons (Fsp3) is 0.577. The highest BCUT2D eigenvalue weighted by Crippen LogP contribution is 2.62. The van der Waals surface area contributed by atoms with Gasteiger partial charge in [-0.15, -0.1) is 11.3 Å². The molecule has 5 atom stereocenters. The fourth-order valence-electron chi connectivity index (χ4n) is 7.20. The average molecular weight is 616 g/mol. The van der Waals surface area contributed by atoms with Gasteiger partial charge in [0.15, 0.2) is 5.13 Å². The largest absolute Gasteiger partial charge is 0.534 e. The lowest BCUT2D eigenvalue weighted by atomic mass is 9.54. The summed E-state index contributed by atoms with van der Waals surface area (Å²) in [5.74, 6) is -1.41. The Kier molecular flexibility index (Phi) is 7.41. The van der Waals surface area contributed by atoms with Gasteiger partial charge < -0.3 is 9.50 Å². The minimum absolute atomic E-state index is 0.0346. The lowest BCUT2D eigenvalue weighted by molar-refractivity contribution is -0.385. The maximum atomic E-state index is 13.2. The van der Waals surface area contributed by atoms with Gasteiger partial charge in [-0.05, 0) is 79.9 Å². The van der Waals surface area contributed by atoms with Crippen molar-refractivity contribution in [2.45, 2.75) is 70.2 Å². The molecule has 0 spiro atoms. The Balaban J connectivity index is 1.40. The van der Waals surface area contributed by atoms with Gasteiger partial charge in [0, 0.05) is 35.4 Å². The number of halogens is 3. The van der Waals surface area contributed by atoms with E-state index in [2.05, 4.69) is 14.5 Å². The van der Waals surface area contributed by atoms with Gasteiger partial charge in [0.1, 0.15) is 5.78 Å². The molecule has 2 aromatic rings. The number of aryl methyl sites for hydroxylation is 2. The van der Waals surface area contributed by atoms with Crippen LogP contribution < -0.4 is 9.50 Å². The van der Waals surface area contributed by atoms with Crippen LogP contribution in [-0.4, -0.2) is 35.5 Å². The van der Waals surface area contributed by atoms with Gasteiger partial charge in [-0.3, -0.25) is 19.7 Å². The van der Waals surface area contributed by atoms with Crippen LogP contribution in [-0.2, 0) is 26.1 Å². The Bertz CT molecular complexity index is 1520. The van der Waals surface area contributed by atoms with Gasteiger partial charge in [-0.25, -0.2) is 4.98 Å². The standard InChI is InChI=1S/C26H28F3N3O7S2/c1-13-12-30-24(40-13)31-22(34)6-4-15-10-21(33)25(2)8-7-16-17(23(15)25)5-3-14-9-20(19(32(35)36)11-18(14)16)39-41(37,38)26(27,28)29/h9,11-12,15-17,23H,3-8,10H2,1-2H3,(H,30,31,34)/t15-,16?,17?,23?,25?/m1/s1. The number of thiazole rings is 1. The molecule has 41 heavy (non-hydrogen) atoms. The van der Waals surface area contributed by atoms with Gasteiger partial charge in [0.25, 0.3) is 0 Å². The van der Waals surface area contributed by atoms with E-state index in [1.807, 2.05) is 13.8 Å². The van der Waals surface area contributed by atoms with Gasteiger partial charge in [-0.2, -0.15) is 21.6 Å². The van der Waals surface area contributed by atoms with E-state index in [9.17, 15) is 41.3 Å². The number of rotatable bonds is 7.